The van der Waals surface area contributed by atoms with Crippen molar-refractivity contribution in [2.45, 2.75) is 49.7 Å². The molecule has 0 spiro atoms. The van der Waals surface area contributed by atoms with Gasteiger partial charge < -0.3 is 9.13 Å². The maximum atomic E-state index is 13.4. The summed E-state index contributed by atoms with van der Waals surface area (Å²) in [6, 6.07) is 20.0. The van der Waals surface area contributed by atoms with Crippen LogP contribution in [0.3, 0.4) is 0 Å². The van der Waals surface area contributed by atoms with E-state index >= 15 is 0 Å². The van der Waals surface area contributed by atoms with Crippen LogP contribution in [0, 0.1) is 0 Å². The minimum atomic E-state index is -0.0840. The summed E-state index contributed by atoms with van der Waals surface area (Å²) in [6.07, 6.45) is 8.05. The normalized spacial score (nSPS) is 13.6. The molecule has 0 atom stereocenters. The van der Waals surface area contributed by atoms with Crippen molar-refractivity contribution in [2.75, 3.05) is 0 Å². The number of nitrogens with zero attached hydrogens (tertiary/aromatic N) is 6. The van der Waals surface area contributed by atoms with E-state index in [9.17, 15) is 4.79 Å². The van der Waals surface area contributed by atoms with E-state index in [1.807, 2.05) is 48.8 Å². The number of fused-ring (bicyclic) bond motifs is 3. The van der Waals surface area contributed by atoms with Crippen LogP contribution in [-0.4, -0.2) is 28.9 Å². The van der Waals surface area contributed by atoms with Crippen molar-refractivity contribution in [3.8, 4) is 17.1 Å². The van der Waals surface area contributed by atoms with Crippen molar-refractivity contribution < 1.29 is 0 Å². The Morgan fingerprint density at radius 2 is 1.74 bits per heavy atom. The van der Waals surface area contributed by atoms with E-state index in [0.29, 0.717) is 17.1 Å². The molecule has 0 saturated heterocycles. The number of imidazole rings is 1. The van der Waals surface area contributed by atoms with Crippen molar-refractivity contribution in [1.29, 1.82) is 0 Å². The molecule has 3 aliphatic heterocycles. The van der Waals surface area contributed by atoms with E-state index in [-0.39, 0.29) is 5.56 Å². The highest BCUT2D eigenvalue weighted by atomic mass is 32.2. The zero-order valence-electron chi connectivity index (χ0n) is 19.4. The van der Waals surface area contributed by atoms with E-state index in [1.54, 1.807) is 11.8 Å². The third-order valence-electron chi connectivity index (χ3n) is 6.50. The van der Waals surface area contributed by atoms with E-state index < -0.39 is 0 Å². The Labute approximate surface area is 207 Å². The molecule has 0 N–H and O–H groups in total. The first-order chi connectivity index (χ1) is 17.3. The third-order valence-corrected chi connectivity index (χ3v) is 7.47. The second-order valence-electron chi connectivity index (χ2n) is 8.80. The predicted octanol–water partition coefficient (Wildman–Crippen LogP) is 4.80. The Hall–Kier alpha value is -3.65. The van der Waals surface area contributed by atoms with Crippen molar-refractivity contribution in [2.24, 2.45) is 0 Å². The SMILES string of the molecule is O=c1c2c3n(c(SCc4nccn4Cc4ccccc4)nc-2nn1-c1ccccc1)CCCCC3. The van der Waals surface area contributed by atoms with Crippen LogP contribution in [0.1, 0.15) is 36.3 Å². The van der Waals surface area contributed by atoms with Gasteiger partial charge in [-0.1, -0.05) is 66.7 Å². The molecule has 6 rings (SSSR count). The van der Waals surface area contributed by atoms with Gasteiger partial charge in [0.2, 0.25) is 0 Å². The molecule has 0 bridgehead atoms. The van der Waals surface area contributed by atoms with Crippen molar-refractivity contribution >= 4 is 11.8 Å². The van der Waals surface area contributed by atoms with Crippen LogP contribution >= 0.6 is 11.8 Å². The molecule has 8 heteroatoms. The molecule has 3 aliphatic rings. The maximum absolute atomic E-state index is 13.4. The van der Waals surface area contributed by atoms with E-state index in [4.69, 9.17) is 4.98 Å². The van der Waals surface area contributed by atoms with Gasteiger partial charge in [-0.15, -0.1) is 5.10 Å². The Balaban J connectivity index is 1.36. The molecule has 0 saturated carbocycles. The summed E-state index contributed by atoms with van der Waals surface area (Å²) < 4.78 is 5.93. The highest BCUT2D eigenvalue weighted by Crippen LogP contribution is 2.31. The van der Waals surface area contributed by atoms with Gasteiger partial charge >= 0.3 is 0 Å². The molecule has 3 aromatic rings. The Morgan fingerprint density at radius 3 is 2.57 bits per heavy atom. The van der Waals surface area contributed by atoms with Crippen LogP contribution in [0.15, 0.2) is 83.0 Å². The second kappa shape index (κ2) is 9.54. The summed E-state index contributed by atoms with van der Waals surface area (Å²) in [5, 5.41) is 5.55. The van der Waals surface area contributed by atoms with Gasteiger partial charge in [-0.05, 0) is 37.0 Å². The summed E-state index contributed by atoms with van der Waals surface area (Å²) in [6.45, 7) is 1.66. The molecule has 0 fully saturated rings. The Morgan fingerprint density at radius 1 is 0.943 bits per heavy atom. The predicted molar refractivity (Wildman–Crippen MR) is 137 cm³/mol. The zero-order chi connectivity index (χ0) is 23.6. The largest absolute Gasteiger partial charge is 0.330 e. The maximum Gasteiger partial charge on any atom is 0.284 e. The number of aromatic nitrogens is 6. The molecule has 0 unspecified atom stereocenters. The fraction of sp³-hybridized carbons (Fsp3) is 0.259. The lowest BCUT2D eigenvalue weighted by atomic mass is 10.1. The van der Waals surface area contributed by atoms with Crippen LogP contribution in [0.4, 0.5) is 0 Å². The number of thioether (sulfide) groups is 1. The average molecular weight is 483 g/mol. The standard InChI is InChI=1S/C27H26N6OS/c34-26-24-22-14-8-3-9-16-32(22)27(29-25(24)30-33(26)21-12-6-2-7-13-21)35-19-23-28-15-17-31(23)18-20-10-4-1-5-11-20/h1-2,4-7,10-13,15,17H,3,8-9,14,16,18-19H2. The molecule has 0 aliphatic carbocycles. The number of hydrogen-bond donors (Lipinski definition) is 0. The molecule has 4 heterocycles. The van der Waals surface area contributed by atoms with Crippen LogP contribution in [0.5, 0.6) is 0 Å². The van der Waals surface area contributed by atoms with E-state index in [2.05, 4.69) is 43.5 Å². The van der Waals surface area contributed by atoms with Gasteiger partial charge in [0.15, 0.2) is 11.0 Å². The van der Waals surface area contributed by atoms with E-state index in [1.165, 1.54) is 10.2 Å². The third kappa shape index (κ3) is 4.30. The van der Waals surface area contributed by atoms with Gasteiger partial charge in [0.25, 0.3) is 5.56 Å². The molecule has 0 radical (unpaired) electrons. The molecule has 35 heavy (non-hydrogen) atoms. The number of hydrogen-bond acceptors (Lipinski definition) is 5. The van der Waals surface area contributed by atoms with Crippen molar-refractivity contribution in [3.05, 3.63) is 100 Å². The summed E-state index contributed by atoms with van der Waals surface area (Å²) in [5.41, 5.74) is 3.65. The first kappa shape index (κ1) is 21.9. The van der Waals surface area contributed by atoms with Gasteiger partial charge in [-0.2, -0.15) is 4.68 Å². The summed E-state index contributed by atoms with van der Waals surface area (Å²) in [7, 11) is 0. The Bertz CT molecular complexity index is 1470. The summed E-state index contributed by atoms with van der Waals surface area (Å²) >= 11 is 1.67. The Kier molecular flexibility index (Phi) is 5.96. The summed E-state index contributed by atoms with van der Waals surface area (Å²) in [5.74, 6) is 2.23. The van der Waals surface area contributed by atoms with Gasteiger partial charge in [0.1, 0.15) is 11.4 Å². The highest BCUT2D eigenvalue weighted by molar-refractivity contribution is 7.98. The van der Waals surface area contributed by atoms with Crippen LogP contribution < -0.4 is 5.56 Å². The zero-order valence-corrected chi connectivity index (χ0v) is 20.2. The smallest absolute Gasteiger partial charge is 0.284 e. The quantitative estimate of drug-likeness (QED) is 0.257. The average Bonchev–Trinajstić information content (AvgIpc) is 3.37. The lowest BCUT2D eigenvalue weighted by Gasteiger charge is -2.17. The van der Waals surface area contributed by atoms with Crippen LogP contribution in [0.25, 0.3) is 17.1 Å². The molecule has 7 nitrogen and oxygen atoms in total. The molecule has 1 aromatic heterocycles. The number of benzene rings is 2. The molecule has 176 valence electrons. The minimum Gasteiger partial charge on any atom is -0.330 e. The fourth-order valence-electron chi connectivity index (χ4n) is 4.74. The van der Waals surface area contributed by atoms with Gasteiger partial charge in [0, 0.05) is 31.2 Å². The lowest BCUT2D eigenvalue weighted by Crippen LogP contribution is -2.19. The number of rotatable bonds is 6. The molecular weight excluding hydrogens is 456 g/mol. The lowest BCUT2D eigenvalue weighted by molar-refractivity contribution is 0.571. The summed E-state index contributed by atoms with van der Waals surface area (Å²) in [4.78, 5) is 22.9. The first-order valence-electron chi connectivity index (χ1n) is 12.0. The van der Waals surface area contributed by atoms with Gasteiger partial charge in [-0.25, -0.2) is 9.97 Å². The molecular formula is C27H26N6OS. The second-order valence-corrected chi connectivity index (χ2v) is 9.74. The minimum absolute atomic E-state index is 0.0840. The van der Waals surface area contributed by atoms with Crippen molar-refractivity contribution in [1.82, 2.24) is 28.9 Å². The highest BCUT2D eigenvalue weighted by Gasteiger charge is 2.27. The van der Waals surface area contributed by atoms with E-state index in [0.717, 1.165) is 61.1 Å². The van der Waals surface area contributed by atoms with Gasteiger partial charge in [0.05, 0.1) is 11.4 Å². The van der Waals surface area contributed by atoms with Crippen LogP contribution in [0.2, 0.25) is 0 Å². The fourth-order valence-corrected chi connectivity index (χ4v) is 5.75. The van der Waals surface area contributed by atoms with Crippen LogP contribution in [-0.2, 0) is 25.3 Å². The first-order valence-corrected chi connectivity index (χ1v) is 13.0. The molecule has 2 aromatic carbocycles. The van der Waals surface area contributed by atoms with Gasteiger partial charge in [-0.3, -0.25) is 4.79 Å². The molecule has 0 amide bonds. The monoisotopic (exact) mass is 482 g/mol. The van der Waals surface area contributed by atoms with Crippen molar-refractivity contribution in [3.63, 3.8) is 0 Å². The number of para-hydroxylation sites is 1. The topological polar surface area (TPSA) is 70.5 Å².